The smallest absolute Gasteiger partial charge is 0.253 e. The summed E-state index contributed by atoms with van der Waals surface area (Å²) in [6, 6.07) is 12.7. The number of likely N-dealkylation sites (N-methyl/N-ethyl adjacent to an activating group) is 1. The van der Waals surface area contributed by atoms with Crippen molar-refractivity contribution in [2.24, 2.45) is 0 Å². The summed E-state index contributed by atoms with van der Waals surface area (Å²) in [6.07, 6.45) is 5.37. The Labute approximate surface area is 162 Å². The number of anilines is 1. The van der Waals surface area contributed by atoms with E-state index < -0.39 is 0 Å². The van der Waals surface area contributed by atoms with Crippen molar-refractivity contribution in [3.8, 4) is 0 Å². The summed E-state index contributed by atoms with van der Waals surface area (Å²) in [5.74, 6) is 0.118. The van der Waals surface area contributed by atoms with Crippen molar-refractivity contribution in [3.05, 3.63) is 59.9 Å². The number of hydrogen-bond acceptors (Lipinski definition) is 4. The van der Waals surface area contributed by atoms with E-state index in [0.717, 1.165) is 51.1 Å². The first-order chi connectivity index (χ1) is 13.2. The van der Waals surface area contributed by atoms with Gasteiger partial charge < -0.3 is 15.1 Å². The van der Waals surface area contributed by atoms with E-state index in [1.807, 2.05) is 4.90 Å². The highest BCUT2D eigenvalue weighted by Gasteiger charge is 2.23. The summed E-state index contributed by atoms with van der Waals surface area (Å²) in [6.45, 7) is 8.93. The van der Waals surface area contributed by atoms with E-state index in [4.69, 9.17) is 0 Å². The highest BCUT2D eigenvalue weighted by atomic mass is 16.2. The van der Waals surface area contributed by atoms with Gasteiger partial charge in [0.2, 0.25) is 0 Å². The molecule has 27 heavy (non-hydrogen) atoms. The SMILES string of the molecule is CCN(CCNC1CCN(C(=O)c2ccncc2)CC1)c1cccc(C)c1. The zero-order chi connectivity index (χ0) is 19.1. The molecule has 0 bridgehead atoms. The Hall–Kier alpha value is -2.40. The van der Waals surface area contributed by atoms with Crippen molar-refractivity contribution in [2.45, 2.75) is 32.7 Å². The molecule has 1 aliphatic heterocycles. The fourth-order valence-corrected chi connectivity index (χ4v) is 3.66. The van der Waals surface area contributed by atoms with Crippen LogP contribution in [0.4, 0.5) is 5.69 Å². The molecular formula is C22H30N4O. The maximum atomic E-state index is 12.5. The number of benzene rings is 1. The van der Waals surface area contributed by atoms with Crippen LogP contribution in [0, 0.1) is 6.92 Å². The lowest BCUT2D eigenvalue weighted by molar-refractivity contribution is 0.0705. The first-order valence-corrected chi connectivity index (χ1v) is 9.91. The Morgan fingerprint density at radius 2 is 1.96 bits per heavy atom. The highest BCUT2D eigenvalue weighted by molar-refractivity contribution is 5.94. The fraction of sp³-hybridized carbons (Fsp3) is 0.455. The third-order valence-corrected chi connectivity index (χ3v) is 5.27. The Kier molecular flexibility index (Phi) is 6.82. The topological polar surface area (TPSA) is 48.5 Å². The molecule has 144 valence electrons. The van der Waals surface area contributed by atoms with Gasteiger partial charge in [0, 0.05) is 62.4 Å². The molecule has 0 aliphatic carbocycles. The number of rotatable bonds is 7. The molecule has 3 rings (SSSR count). The van der Waals surface area contributed by atoms with E-state index in [2.05, 4.69) is 53.3 Å². The summed E-state index contributed by atoms with van der Waals surface area (Å²) in [4.78, 5) is 20.8. The van der Waals surface area contributed by atoms with Crippen LogP contribution in [0.15, 0.2) is 48.8 Å². The van der Waals surface area contributed by atoms with Crippen molar-refractivity contribution >= 4 is 11.6 Å². The van der Waals surface area contributed by atoms with Gasteiger partial charge in [-0.2, -0.15) is 0 Å². The second-order valence-corrected chi connectivity index (χ2v) is 7.18. The average molecular weight is 367 g/mol. The largest absolute Gasteiger partial charge is 0.371 e. The van der Waals surface area contributed by atoms with Crippen LogP contribution < -0.4 is 10.2 Å². The lowest BCUT2D eigenvalue weighted by Gasteiger charge is -2.33. The first kappa shape index (κ1) is 19.4. The standard InChI is InChI=1S/C22H30N4O/c1-3-25(21-6-4-5-18(2)17-21)16-13-24-20-9-14-26(15-10-20)22(27)19-7-11-23-12-8-19/h4-8,11-12,17,20,24H,3,9-10,13-16H2,1-2H3. The molecule has 1 aromatic carbocycles. The minimum absolute atomic E-state index is 0.118. The second kappa shape index (κ2) is 9.51. The molecule has 0 spiro atoms. The monoisotopic (exact) mass is 366 g/mol. The molecule has 5 nitrogen and oxygen atoms in total. The molecule has 1 aromatic heterocycles. The van der Waals surface area contributed by atoms with Gasteiger partial charge in [0.25, 0.3) is 5.91 Å². The number of likely N-dealkylation sites (tertiary alicyclic amines) is 1. The normalized spacial score (nSPS) is 15.0. The summed E-state index contributed by atoms with van der Waals surface area (Å²) in [5, 5.41) is 3.68. The second-order valence-electron chi connectivity index (χ2n) is 7.18. The van der Waals surface area contributed by atoms with Crippen LogP contribution in [-0.4, -0.2) is 54.6 Å². The molecule has 0 unspecified atom stereocenters. The molecule has 2 heterocycles. The van der Waals surface area contributed by atoms with Gasteiger partial charge in [0.05, 0.1) is 0 Å². The molecule has 1 N–H and O–H groups in total. The van der Waals surface area contributed by atoms with Crippen molar-refractivity contribution in [1.29, 1.82) is 0 Å². The number of amides is 1. The molecule has 0 radical (unpaired) electrons. The zero-order valence-electron chi connectivity index (χ0n) is 16.4. The molecule has 1 aliphatic rings. The lowest BCUT2D eigenvalue weighted by atomic mass is 10.0. The van der Waals surface area contributed by atoms with Gasteiger partial charge in [-0.15, -0.1) is 0 Å². The number of aryl methyl sites for hydroxylation is 1. The van der Waals surface area contributed by atoms with E-state index >= 15 is 0 Å². The van der Waals surface area contributed by atoms with Gasteiger partial charge >= 0.3 is 0 Å². The molecular weight excluding hydrogens is 336 g/mol. The summed E-state index contributed by atoms with van der Waals surface area (Å²) in [5.41, 5.74) is 3.32. The molecule has 1 fully saturated rings. The van der Waals surface area contributed by atoms with Crippen LogP contribution in [0.5, 0.6) is 0 Å². The van der Waals surface area contributed by atoms with Crippen LogP contribution in [0.3, 0.4) is 0 Å². The number of hydrogen-bond donors (Lipinski definition) is 1. The van der Waals surface area contributed by atoms with E-state index in [1.165, 1.54) is 11.3 Å². The average Bonchev–Trinajstić information content (AvgIpc) is 2.72. The van der Waals surface area contributed by atoms with Gasteiger partial charge in [-0.25, -0.2) is 0 Å². The van der Waals surface area contributed by atoms with Crippen molar-refractivity contribution < 1.29 is 4.79 Å². The van der Waals surface area contributed by atoms with Crippen molar-refractivity contribution in [2.75, 3.05) is 37.6 Å². The maximum Gasteiger partial charge on any atom is 0.253 e. The van der Waals surface area contributed by atoms with Gasteiger partial charge in [-0.05, 0) is 56.5 Å². The van der Waals surface area contributed by atoms with E-state index in [0.29, 0.717) is 6.04 Å². The molecule has 0 saturated carbocycles. The Balaban J connectivity index is 1.42. The van der Waals surface area contributed by atoms with E-state index in [-0.39, 0.29) is 5.91 Å². The lowest BCUT2D eigenvalue weighted by Crippen LogP contribution is -2.46. The van der Waals surface area contributed by atoms with Crippen LogP contribution in [-0.2, 0) is 0 Å². The summed E-state index contributed by atoms with van der Waals surface area (Å²) >= 11 is 0. The van der Waals surface area contributed by atoms with Crippen molar-refractivity contribution in [1.82, 2.24) is 15.2 Å². The van der Waals surface area contributed by atoms with E-state index in [9.17, 15) is 4.79 Å². The van der Waals surface area contributed by atoms with Crippen LogP contribution in [0.1, 0.15) is 35.7 Å². The van der Waals surface area contributed by atoms with Crippen molar-refractivity contribution in [3.63, 3.8) is 0 Å². The Morgan fingerprint density at radius 1 is 1.22 bits per heavy atom. The number of nitrogens with one attached hydrogen (secondary N) is 1. The fourth-order valence-electron chi connectivity index (χ4n) is 3.66. The predicted molar refractivity (Wildman–Crippen MR) is 110 cm³/mol. The molecule has 0 atom stereocenters. The van der Waals surface area contributed by atoms with Crippen LogP contribution >= 0.6 is 0 Å². The summed E-state index contributed by atoms with van der Waals surface area (Å²) in [7, 11) is 0. The zero-order valence-corrected chi connectivity index (χ0v) is 16.4. The summed E-state index contributed by atoms with van der Waals surface area (Å²) < 4.78 is 0. The quantitative estimate of drug-likeness (QED) is 0.818. The maximum absolute atomic E-state index is 12.5. The minimum atomic E-state index is 0.118. The van der Waals surface area contributed by atoms with Gasteiger partial charge in [0.1, 0.15) is 0 Å². The highest BCUT2D eigenvalue weighted by Crippen LogP contribution is 2.16. The molecule has 1 amide bonds. The molecule has 1 saturated heterocycles. The Bertz CT molecular complexity index is 726. The predicted octanol–water partition coefficient (Wildman–Crippen LogP) is 3.11. The third kappa shape index (κ3) is 5.30. The first-order valence-electron chi connectivity index (χ1n) is 9.91. The minimum Gasteiger partial charge on any atom is -0.371 e. The third-order valence-electron chi connectivity index (χ3n) is 5.27. The molecule has 2 aromatic rings. The van der Waals surface area contributed by atoms with E-state index in [1.54, 1.807) is 24.5 Å². The van der Waals surface area contributed by atoms with Gasteiger partial charge in [-0.3, -0.25) is 9.78 Å². The number of pyridine rings is 1. The molecule has 5 heteroatoms. The number of carbonyl (C=O) groups is 1. The van der Waals surface area contributed by atoms with Gasteiger partial charge in [-0.1, -0.05) is 12.1 Å². The van der Waals surface area contributed by atoms with Gasteiger partial charge in [0.15, 0.2) is 0 Å². The number of nitrogens with zero attached hydrogens (tertiary/aromatic N) is 3. The number of carbonyl (C=O) groups excluding carboxylic acids is 1. The van der Waals surface area contributed by atoms with Crippen LogP contribution in [0.2, 0.25) is 0 Å². The Morgan fingerprint density at radius 3 is 2.63 bits per heavy atom. The van der Waals surface area contributed by atoms with Crippen LogP contribution in [0.25, 0.3) is 0 Å². The number of piperidine rings is 1. The number of aromatic nitrogens is 1.